The van der Waals surface area contributed by atoms with E-state index in [-0.39, 0.29) is 6.54 Å². The fourth-order valence-corrected chi connectivity index (χ4v) is 2.55. The maximum Gasteiger partial charge on any atom is 0.304 e. The van der Waals surface area contributed by atoms with E-state index in [0.717, 1.165) is 17.1 Å². The van der Waals surface area contributed by atoms with E-state index in [0.29, 0.717) is 12.4 Å². The number of anilines is 1. The first-order valence-corrected chi connectivity index (χ1v) is 8.03. The summed E-state index contributed by atoms with van der Waals surface area (Å²) in [6.45, 7) is 4.12. The number of furan rings is 1. The Morgan fingerprint density at radius 1 is 1.43 bits per heavy atom. The standard InChI is InChI=1S/C13H18FN3O3S/c1-10-8-12(11(2)20-10)9-17(6-7-21(14,18)19)13-4-5-16(3)15-13/h4-5,8H,6-7,9H2,1-3H3. The van der Waals surface area contributed by atoms with Gasteiger partial charge in [-0.3, -0.25) is 4.68 Å². The third kappa shape index (κ3) is 4.32. The van der Waals surface area contributed by atoms with Crippen molar-refractivity contribution in [3.63, 3.8) is 0 Å². The molecule has 0 aliphatic heterocycles. The van der Waals surface area contributed by atoms with E-state index in [1.165, 1.54) is 0 Å². The van der Waals surface area contributed by atoms with Gasteiger partial charge in [0.2, 0.25) is 0 Å². The highest BCUT2D eigenvalue weighted by atomic mass is 32.3. The molecular weight excluding hydrogens is 297 g/mol. The second kappa shape index (κ2) is 5.88. The van der Waals surface area contributed by atoms with Gasteiger partial charge >= 0.3 is 10.2 Å². The maximum atomic E-state index is 12.8. The monoisotopic (exact) mass is 315 g/mol. The summed E-state index contributed by atoms with van der Waals surface area (Å²) in [7, 11) is -2.75. The molecule has 0 aromatic carbocycles. The van der Waals surface area contributed by atoms with Crippen molar-refractivity contribution >= 4 is 16.0 Å². The van der Waals surface area contributed by atoms with Crippen molar-refractivity contribution in [2.45, 2.75) is 20.4 Å². The average molecular weight is 315 g/mol. The highest BCUT2D eigenvalue weighted by Gasteiger charge is 2.17. The number of aromatic nitrogens is 2. The van der Waals surface area contributed by atoms with Crippen molar-refractivity contribution < 1.29 is 16.7 Å². The fraction of sp³-hybridized carbons (Fsp3) is 0.462. The first kappa shape index (κ1) is 15.6. The van der Waals surface area contributed by atoms with Crippen molar-refractivity contribution in [3.05, 3.63) is 35.4 Å². The van der Waals surface area contributed by atoms with Crippen LogP contribution in [0.4, 0.5) is 9.70 Å². The molecular formula is C13H18FN3O3S. The SMILES string of the molecule is Cc1cc(CN(CCS(=O)(=O)F)c2ccn(C)n2)c(C)o1. The van der Waals surface area contributed by atoms with Crippen LogP contribution in [0.25, 0.3) is 0 Å². The van der Waals surface area contributed by atoms with Gasteiger partial charge in [0.1, 0.15) is 11.5 Å². The van der Waals surface area contributed by atoms with Gasteiger partial charge in [0.15, 0.2) is 5.82 Å². The summed E-state index contributed by atoms with van der Waals surface area (Å²) < 4.78 is 41.4. The summed E-state index contributed by atoms with van der Waals surface area (Å²) in [6, 6.07) is 3.64. The van der Waals surface area contributed by atoms with Gasteiger partial charge in [-0.1, -0.05) is 0 Å². The Morgan fingerprint density at radius 3 is 2.62 bits per heavy atom. The molecule has 6 nitrogen and oxygen atoms in total. The zero-order valence-corrected chi connectivity index (χ0v) is 13.0. The molecule has 2 aromatic rings. The summed E-state index contributed by atoms with van der Waals surface area (Å²) >= 11 is 0. The first-order chi connectivity index (χ1) is 9.74. The van der Waals surface area contributed by atoms with Crippen molar-refractivity contribution in [1.82, 2.24) is 9.78 Å². The quantitative estimate of drug-likeness (QED) is 0.762. The van der Waals surface area contributed by atoms with Gasteiger partial charge in [0.25, 0.3) is 0 Å². The molecule has 0 saturated carbocycles. The molecule has 0 bridgehead atoms. The molecule has 21 heavy (non-hydrogen) atoms. The largest absolute Gasteiger partial charge is 0.466 e. The van der Waals surface area contributed by atoms with Gasteiger partial charge in [-0.15, -0.1) is 3.89 Å². The topological polar surface area (TPSA) is 68.3 Å². The predicted octanol–water partition coefficient (Wildman–Crippen LogP) is 1.94. The summed E-state index contributed by atoms with van der Waals surface area (Å²) in [5.74, 6) is 1.57. The van der Waals surface area contributed by atoms with Crippen molar-refractivity contribution in [1.29, 1.82) is 0 Å². The highest BCUT2D eigenvalue weighted by Crippen LogP contribution is 2.19. The Bertz CT molecular complexity index is 721. The number of nitrogens with zero attached hydrogens (tertiary/aromatic N) is 3. The lowest BCUT2D eigenvalue weighted by molar-refractivity contribution is 0.500. The molecule has 8 heteroatoms. The zero-order valence-electron chi connectivity index (χ0n) is 12.2. The lowest BCUT2D eigenvalue weighted by Gasteiger charge is -2.21. The van der Waals surface area contributed by atoms with Gasteiger partial charge in [-0.25, -0.2) is 0 Å². The van der Waals surface area contributed by atoms with E-state index in [4.69, 9.17) is 4.42 Å². The number of hydrogen-bond acceptors (Lipinski definition) is 5. The van der Waals surface area contributed by atoms with Crippen LogP contribution in [0.3, 0.4) is 0 Å². The number of rotatable bonds is 6. The molecule has 0 atom stereocenters. The molecule has 0 unspecified atom stereocenters. The van der Waals surface area contributed by atoms with Gasteiger partial charge in [-0.2, -0.15) is 13.5 Å². The Kier molecular flexibility index (Phi) is 4.36. The summed E-state index contributed by atoms with van der Waals surface area (Å²) in [5.41, 5.74) is 0.925. The van der Waals surface area contributed by atoms with Crippen molar-refractivity contribution in [3.8, 4) is 0 Å². The van der Waals surface area contributed by atoms with Gasteiger partial charge in [-0.05, 0) is 19.9 Å². The third-order valence-electron chi connectivity index (χ3n) is 3.13. The smallest absolute Gasteiger partial charge is 0.304 e. The molecule has 0 saturated heterocycles. The average Bonchev–Trinajstić information content (AvgIpc) is 2.90. The lowest BCUT2D eigenvalue weighted by Crippen LogP contribution is -2.28. The van der Waals surface area contributed by atoms with Crippen LogP contribution >= 0.6 is 0 Å². The van der Waals surface area contributed by atoms with Gasteiger partial charge in [0.05, 0.1) is 5.75 Å². The van der Waals surface area contributed by atoms with Crippen LogP contribution in [0.2, 0.25) is 0 Å². The van der Waals surface area contributed by atoms with E-state index in [1.807, 2.05) is 19.9 Å². The normalized spacial score (nSPS) is 11.8. The zero-order chi connectivity index (χ0) is 15.6. The molecule has 0 fully saturated rings. The van der Waals surface area contributed by atoms with Crippen molar-refractivity contribution in [2.75, 3.05) is 17.2 Å². The molecule has 0 aliphatic carbocycles. The Hall–Kier alpha value is -1.83. The van der Waals surface area contributed by atoms with Crippen molar-refractivity contribution in [2.24, 2.45) is 7.05 Å². The Morgan fingerprint density at radius 2 is 2.14 bits per heavy atom. The third-order valence-corrected chi connectivity index (χ3v) is 3.80. The summed E-state index contributed by atoms with van der Waals surface area (Å²) in [6.07, 6.45) is 1.75. The lowest BCUT2D eigenvalue weighted by atomic mass is 10.2. The number of halogens is 1. The minimum atomic E-state index is -4.52. The van der Waals surface area contributed by atoms with Gasteiger partial charge < -0.3 is 9.32 Å². The van der Waals surface area contributed by atoms with E-state index in [2.05, 4.69) is 5.10 Å². The second-order valence-corrected chi connectivity index (χ2v) is 6.44. The molecule has 0 N–H and O–H groups in total. The molecule has 0 spiro atoms. The number of hydrogen-bond donors (Lipinski definition) is 0. The molecule has 2 heterocycles. The van der Waals surface area contributed by atoms with Crippen LogP contribution in [0.5, 0.6) is 0 Å². The van der Waals surface area contributed by atoms with Crippen LogP contribution in [0, 0.1) is 13.8 Å². The minimum Gasteiger partial charge on any atom is -0.466 e. The van der Waals surface area contributed by atoms with Crippen LogP contribution in [0.1, 0.15) is 17.1 Å². The molecule has 2 aromatic heterocycles. The molecule has 0 radical (unpaired) electrons. The van der Waals surface area contributed by atoms with Crippen LogP contribution in [0.15, 0.2) is 22.7 Å². The molecule has 0 amide bonds. The van der Waals surface area contributed by atoms with Crippen LogP contribution in [-0.4, -0.2) is 30.5 Å². The van der Waals surface area contributed by atoms with E-state index in [1.54, 1.807) is 28.9 Å². The number of aryl methyl sites for hydroxylation is 3. The van der Waals surface area contributed by atoms with Crippen LogP contribution in [-0.2, 0) is 23.8 Å². The van der Waals surface area contributed by atoms with E-state index < -0.39 is 16.0 Å². The first-order valence-electron chi connectivity index (χ1n) is 6.47. The van der Waals surface area contributed by atoms with Gasteiger partial charge in [0, 0.05) is 38.0 Å². The van der Waals surface area contributed by atoms with Crippen LogP contribution < -0.4 is 4.90 Å². The Balaban J connectivity index is 2.21. The fourth-order valence-electron chi connectivity index (χ4n) is 2.11. The second-order valence-electron chi connectivity index (χ2n) is 4.95. The predicted molar refractivity (Wildman–Crippen MR) is 77.3 cm³/mol. The molecule has 116 valence electrons. The molecule has 0 aliphatic rings. The van der Waals surface area contributed by atoms with E-state index >= 15 is 0 Å². The highest BCUT2D eigenvalue weighted by molar-refractivity contribution is 7.86. The summed E-state index contributed by atoms with van der Waals surface area (Å²) in [5, 5.41) is 4.24. The summed E-state index contributed by atoms with van der Waals surface area (Å²) in [4.78, 5) is 1.72. The Labute approximate surface area is 123 Å². The minimum absolute atomic E-state index is 0.0273. The molecule has 2 rings (SSSR count). The van der Waals surface area contributed by atoms with E-state index in [9.17, 15) is 12.3 Å². The maximum absolute atomic E-state index is 12.8.